The van der Waals surface area contributed by atoms with Gasteiger partial charge in [0.2, 0.25) is 0 Å². The zero-order chi connectivity index (χ0) is 22.3. The van der Waals surface area contributed by atoms with Gasteiger partial charge in [-0.25, -0.2) is 13.1 Å². The monoisotopic (exact) mass is 436 g/mol. The van der Waals surface area contributed by atoms with Crippen molar-refractivity contribution in [2.75, 3.05) is 23.7 Å². The van der Waals surface area contributed by atoms with E-state index in [1.165, 1.54) is 4.68 Å². The van der Waals surface area contributed by atoms with Gasteiger partial charge in [0.25, 0.3) is 15.6 Å². The molecule has 0 bridgehead atoms. The summed E-state index contributed by atoms with van der Waals surface area (Å²) < 4.78 is 32.4. The highest BCUT2D eigenvalue weighted by Crippen LogP contribution is 2.31. The number of nitrogens with one attached hydrogen (secondary N) is 1. The van der Waals surface area contributed by atoms with Gasteiger partial charge in [0.1, 0.15) is 5.69 Å². The molecule has 1 N–H and O–H groups in total. The van der Waals surface area contributed by atoms with Crippen molar-refractivity contribution < 1.29 is 8.42 Å². The smallest absolute Gasteiger partial charge is 0.296 e. The lowest BCUT2D eigenvalue weighted by Gasteiger charge is -2.17. The van der Waals surface area contributed by atoms with Gasteiger partial charge in [-0.3, -0.25) is 14.2 Å². The molecule has 0 spiro atoms. The zero-order valence-corrected chi connectivity index (χ0v) is 18.6. The van der Waals surface area contributed by atoms with Crippen molar-refractivity contribution in [3.8, 4) is 5.69 Å². The molecule has 0 radical (unpaired) electrons. The fraction of sp³-hybridized carbons (Fsp3) is 0.174. The van der Waals surface area contributed by atoms with Crippen molar-refractivity contribution in [2.24, 2.45) is 7.05 Å². The minimum atomic E-state index is -4.01. The Labute approximate surface area is 181 Å². The number of hydrogen-bond acceptors (Lipinski definition) is 4. The SMILES string of the molecule is Cc1c(NS(=O)(=O)c2cccc3c(N(C)C)cccc23)c(=O)n(-c2ccccc2)n1C. The Kier molecular flexibility index (Phi) is 5.10. The number of hydrogen-bond donors (Lipinski definition) is 1. The van der Waals surface area contributed by atoms with Crippen LogP contribution in [0.2, 0.25) is 0 Å². The fourth-order valence-electron chi connectivity index (χ4n) is 3.76. The molecule has 1 aromatic heterocycles. The third-order valence-electron chi connectivity index (χ3n) is 5.42. The van der Waals surface area contributed by atoms with Crippen LogP contribution in [0.5, 0.6) is 0 Å². The summed E-state index contributed by atoms with van der Waals surface area (Å²) in [7, 11) is 1.54. The summed E-state index contributed by atoms with van der Waals surface area (Å²) >= 11 is 0. The van der Waals surface area contributed by atoms with Crippen molar-refractivity contribution in [2.45, 2.75) is 11.8 Å². The minimum absolute atomic E-state index is 0.0344. The Bertz CT molecular complexity index is 1440. The van der Waals surface area contributed by atoms with Crippen LogP contribution in [0.25, 0.3) is 16.5 Å². The number of para-hydroxylation sites is 1. The molecule has 0 aliphatic carbocycles. The van der Waals surface area contributed by atoms with Gasteiger partial charge in [0, 0.05) is 37.6 Å². The van der Waals surface area contributed by atoms with Gasteiger partial charge in [0.05, 0.1) is 16.3 Å². The van der Waals surface area contributed by atoms with E-state index in [2.05, 4.69) is 4.72 Å². The normalized spacial score (nSPS) is 11.6. The maximum Gasteiger partial charge on any atom is 0.296 e. The van der Waals surface area contributed by atoms with Crippen LogP contribution >= 0.6 is 0 Å². The Hall–Kier alpha value is -3.52. The summed E-state index contributed by atoms with van der Waals surface area (Å²) in [5.74, 6) is 0. The summed E-state index contributed by atoms with van der Waals surface area (Å²) in [6.07, 6.45) is 0. The van der Waals surface area contributed by atoms with E-state index in [1.807, 2.05) is 55.4 Å². The third kappa shape index (κ3) is 3.48. The van der Waals surface area contributed by atoms with E-state index in [9.17, 15) is 13.2 Å². The first-order chi connectivity index (χ1) is 14.7. The molecule has 0 amide bonds. The van der Waals surface area contributed by atoms with Crippen LogP contribution in [-0.4, -0.2) is 31.9 Å². The molecule has 0 atom stereocenters. The molecular formula is C23H24N4O3S. The maximum absolute atomic E-state index is 13.4. The summed E-state index contributed by atoms with van der Waals surface area (Å²) in [6, 6.07) is 19.8. The highest BCUT2D eigenvalue weighted by molar-refractivity contribution is 7.93. The van der Waals surface area contributed by atoms with E-state index in [0.29, 0.717) is 16.8 Å². The Morgan fingerprint density at radius 2 is 1.52 bits per heavy atom. The second-order valence-electron chi connectivity index (χ2n) is 7.56. The van der Waals surface area contributed by atoms with Crippen molar-refractivity contribution in [3.63, 3.8) is 0 Å². The van der Waals surface area contributed by atoms with Crippen LogP contribution in [0, 0.1) is 6.92 Å². The van der Waals surface area contributed by atoms with Crippen LogP contribution < -0.4 is 15.2 Å². The first kappa shape index (κ1) is 20.7. The molecule has 0 aliphatic rings. The van der Waals surface area contributed by atoms with Crippen molar-refractivity contribution >= 4 is 32.2 Å². The summed E-state index contributed by atoms with van der Waals surface area (Å²) in [6.45, 7) is 1.71. The molecule has 0 saturated carbocycles. The molecule has 8 heteroatoms. The number of aromatic nitrogens is 2. The predicted molar refractivity (Wildman–Crippen MR) is 125 cm³/mol. The fourth-order valence-corrected chi connectivity index (χ4v) is 5.10. The van der Waals surface area contributed by atoms with E-state index in [-0.39, 0.29) is 10.6 Å². The maximum atomic E-state index is 13.4. The summed E-state index contributed by atoms with van der Waals surface area (Å²) in [5, 5.41) is 1.42. The molecule has 1 heterocycles. The number of sulfonamides is 1. The van der Waals surface area contributed by atoms with E-state index >= 15 is 0 Å². The van der Waals surface area contributed by atoms with E-state index < -0.39 is 15.6 Å². The predicted octanol–water partition coefficient (Wildman–Crippen LogP) is 3.50. The van der Waals surface area contributed by atoms with Gasteiger partial charge in [0.15, 0.2) is 0 Å². The highest BCUT2D eigenvalue weighted by atomic mass is 32.2. The summed E-state index contributed by atoms with van der Waals surface area (Å²) in [5.41, 5.74) is 1.70. The average molecular weight is 437 g/mol. The molecule has 0 saturated heterocycles. The number of benzene rings is 3. The standard InChI is InChI=1S/C23H24N4O3S/c1-16-22(23(28)27(26(16)4)17-10-6-5-7-11-17)24-31(29,30)21-15-9-12-18-19(21)13-8-14-20(18)25(2)3/h5-15,24H,1-4H3. The Balaban J connectivity index is 1.85. The van der Waals surface area contributed by atoms with Gasteiger partial charge in [-0.2, -0.15) is 0 Å². The van der Waals surface area contributed by atoms with Crippen LogP contribution in [-0.2, 0) is 17.1 Å². The Morgan fingerprint density at radius 3 is 2.19 bits per heavy atom. The third-order valence-corrected chi connectivity index (χ3v) is 6.83. The van der Waals surface area contributed by atoms with E-state index in [0.717, 1.165) is 11.1 Å². The molecule has 31 heavy (non-hydrogen) atoms. The first-order valence-electron chi connectivity index (χ1n) is 9.78. The number of nitrogens with zero attached hydrogens (tertiary/aromatic N) is 3. The second-order valence-corrected chi connectivity index (χ2v) is 9.22. The topological polar surface area (TPSA) is 76.3 Å². The van der Waals surface area contributed by atoms with Crippen molar-refractivity contribution in [1.29, 1.82) is 0 Å². The second kappa shape index (κ2) is 7.63. The van der Waals surface area contributed by atoms with Crippen LogP contribution in [0.15, 0.2) is 76.4 Å². The molecule has 0 unspecified atom stereocenters. The quantitative estimate of drug-likeness (QED) is 0.520. The number of anilines is 2. The molecule has 4 rings (SSSR count). The molecule has 160 valence electrons. The van der Waals surface area contributed by atoms with Crippen molar-refractivity contribution in [1.82, 2.24) is 9.36 Å². The van der Waals surface area contributed by atoms with Gasteiger partial charge in [-0.1, -0.05) is 42.5 Å². The number of fused-ring (bicyclic) bond motifs is 1. The number of rotatable bonds is 5. The van der Waals surface area contributed by atoms with Gasteiger partial charge < -0.3 is 4.90 Å². The molecule has 0 fully saturated rings. The Morgan fingerprint density at radius 1 is 0.871 bits per heavy atom. The first-order valence-corrected chi connectivity index (χ1v) is 11.3. The van der Waals surface area contributed by atoms with Gasteiger partial charge in [-0.05, 0) is 31.2 Å². The van der Waals surface area contributed by atoms with E-state index in [4.69, 9.17) is 0 Å². The van der Waals surface area contributed by atoms with Crippen LogP contribution in [0.1, 0.15) is 5.69 Å². The molecule has 0 aliphatic heterocycles. The molecule has 4 aromatic rings. The minimum Gasteiger partial charge on any atom is -0.377 e. The van der Waals surface area contributed by atoms with Crippen molar-refractivity contribution in [3.05, 3.63) is 82.8 Å². The lowest BCUT2D eigenvalue weighted by molar-refractivity contribution is 0.602. The lowest BCUT2D eigenvalue weighted by atomic mass is 10.1. The lowest BCUT2D eigenvalue weighted by Crippen LogP contribution is -2.23. The molecule has 3 aromatic carbocycles. The van der Waals surface area contributed by atoms with Gasteiger partial charge in [-0.15, -0.1) is 0 Å². The summed E-state index contributed by atoms with van der Waals surface area (Å²) in [4.78, 5) is 15.2. The molecule has 7 nitrogen and oxygen atoms in total. The zero-order valence-electron chi connectivity index (χ0n) is 17.8. The highest BCUT2D eigenvalue weighted by Gasteiger charge is 2.24. The van der Waals surface area contributed by atoms with E-state index in [1.54, 1.807) is 49.0 Å². The van der Waals surface area contributed by atoms with Crippen LogP contribution in [0.3, 0.4) is 0 Å². The van der Waals surface area contributed by atoms with Gasteiger partial charge >= 0.3 is 0 Å². The average Bonchev–Trinajstić information content (AvgIpc) is 2.96. The largest absolute Gasteiger partial charge is 0.377 e. The van der Waals surface area contributed by atoms with Crippen LogP contribution in [0.4, 0.5) is 11.4 Å². The molecular weight excluding hydrogens is 412 g/mol.